The molecule has 0 aromatic carbocycles. The first-order chi connectivity index (χ1) is 8.04. The zero-order valence-corrected chi connectivity index (χ0v) is 11.5. The van der Waals surface area contributed by atoms with Crippen LogP contribution >= 0.6 is 0 Å². The number of ether oxygens (including phenoxy) is 1. The van der Waals surface area contributed by atoms with Crippen molar-refractivity contribution in [3.05, 3.63) is 0 Å². The average molecular weight is 242 g/mol. The summed E-state index contributed by atoms with van der Waals surface area (Å²) in [6.45, 7) is 11.1. The molecule has 0 aromatic rings. The molecule has 1 heterocycles. The predicted octanol–water partition coefficient (Wildman–Crippen LogP) is 1.26. The van der Waals surface area contributed by atoms with E-state index in [1.807, 2.05) is 18.7 Å². The first-order valence-electron chi connectivity index (χ1n) is 6.67. The molecule has 1 N–H and O–H groups in total. The van der Waals surface area contributed by atoms with Gasteiger partial charge < -0.3 is 15.0 Å². The molecule has 1 aliphatic heterocycles. The van der Waals surface area contributed by atoms with E-state index in [1.54, 1.807) is 0 Å². The van der Waals surface area contributed by atoms with Crippen molar-refractivity contribution in [3.8, 4) is 0 Å². The van der Waals surface area contributed by atoms with Crippen molar-refractivity contribution in [1.29, 1.82) is 0 Å². The minimum atomic E-state index is 0.121. The Labute approximate surface area is 105 Å². The number of amides is 1. The molecular weight excluding hydrogens is 216 g/mol. The minimum Gasteiger partial charge on any atom is -0.369 e. The van der Waals surface area contributed by atoms with Gasteiger partial charge in [-0.2, -0.15) is 0 Å². The van der Waals surface area contributed by atoms with Crippen LogP contribution in [0, 0.1) is 5.92 Å². The van der Waals surface area contributed by atoms with E-state index >= 15 is 0 Å². The number of likely N-dealkylation sites (tertiary alicyclic amines) is 1. The normalized spacial score (nSPS) is 25.4. The zero-order chi connectivity index (χ0) is 12.8. The summed E-state index contributed by atoms with van der Waals surface area (Å²) in [6, 6.07) is 0.551. The third kappa shape index (κ3) is 4.64. The molecule has 17 heavy (non-hydrogen) atoms. The van der Waals surface area contributed by atoms with Crippen LogP contribution in [0.3, 0.4) is 0 Å². The molecule has 0 aliphatic carbocycles. The molecule has 2 atom stereocenters. The second-order valence-electron chi connectivity index (χ2n) is 5.13. The number of nitrogens with zero attached hydrogens (tertiary/aromatic N) is 1. The van der Waals surface area contributed by atoms with Crippen LogP contribution in [0.25, 0.3) is 0 Å². The first-order valence-corrected chi connectivity index (χ1v) is 6.67. The fourth-order valence-corrected chi connectivity index (χ4v) is 2.27. The van der Waals surface area contributed by atoms with E-state index in [0.717, 1.165) is 26.1 Å². The second-order valence-corrected chi connectivity index (χ2v) is 5.13. The molecule has 4 heteroatoms. The summed E-state index contributed by atoms with van der Waals surface area (Å²) >= 11 is 0. The summed E-state index contributed by atoms with van der Waals surface area (Å²) < 4.78 is 5.36. The van der Waals surface area contributed by atoms with Gasteiger partial charge in [0.25, 0.3) is 0 Å². The number of nitrogens with one attached hydrogen (secondary N) is 1. The monoisotopic (exact) mass is 242 g/mol. The van der Waals surface area contributed by atoms with E-state index < -0.39 is 0 Å². The summed E-state index contributed by atoms with van der Waals surface area (Å²) in [4.78, 5) is 13.8. The second kappa shape index (κ2) is 6.97. The molecule has 0 bridgehead atoms. The molecule has 0 radical (unpaired) electrons. The highest BCUT2D eigenvalue weighted by Gasteiger charge is 2.27. The lowest BCUT2D eigenvalue weighted by atomic mass is 9.94. The molecule has 100 valence electrons. The van der Waals surface area contributed by atoms with E-state index in [1.165, 1.54) is 0 Å². The van der Waals surface area contributed by atoms with Gasteiger partial charge in [0.05, 0.1) is 6.10 Å². The molecule has 1 saturated heterocycles. The summed E-state index contributed by atoms with van der Waals surface area (Å²) in [6.07, 6.45) is 1.17. The fraction of sp³-hybridized carbons (Fsp3) is 0.923. The SMILES string of the molecule is CCNC1CCN(C(=O)COC(C)C)CC1C. The van der Waals surface area contributed by atoms with Crippen LogP contribution in [0.4, 0.5) is 0 Å². The van der Waals surface area contributed by atoms with Crippen molar-refractivity contribution < 1.29 is 9.53 Å². The van der Waals surface area contributed by atoms with Crippen LogP contribution in [0.15, 0.2) is 0 Å². The van der Waals surface area contributed by atoms with E-state index in [4.69, 9.17) is 4.74 Å². The van der Waals surface area contributed by atoms with Crippen LogP contribution in [-0.2, 0) is 9.53 Å². The minimum absolute atomic E-state index is 0.121. The lowest BCUT2D eigenvalue weighted by Gasteiger charge is -2.37. The van der Waals surface area contributed by atoms with Gasteiger partial charge >= 0.3 is 0 Å². The van der Waals surface area contributed by atoms with Gasteiger partial charge in [0.15, 0.2) is 0 Å². The zero-order valence-electron chi connectivity index (χ0n) is 11.5. The Morgan fingerprint density at radius 2 is 2.24 bits per heavy atom. The summed E-state index contributed by atoms with van der Waals surface area (Å²) in [5.74, 6) is 0.646. The number of hydrogen-bond acceptors (Lipinski definition) is 3. The lowest BCUT2D eigenvalue weighted by Crippen LogP contribution is -2.50. The lowest BCUT2D eigenvalue weighted by molar-refractivity contribution is -0.139. The summed E-state index contributed by atoms with van der Waals surface area (Å²) in [5.41, 5.74) is 0. The van der Waals surface area contributed by atoms with Crippen molar-refractivity contribution in [2.45, 2.75) is 46.3 Å². The van der Waals surface area contributed by atoms with Crippen LogP contribution in [0.1, 0.15) is 34.1 Å². The van der Waals surface area contributed by atoms with Crippen LogP contribution in [0.5, 0.6) is 0 Å². The quantitative estimate of drug-likeness (QED) is 0.789. The Hall–Kier alpha value is -0.610. The largest absolute Gasteiger partial charge is 0.369 e. The van der Waals surface area contributed by atoms with Crippen molar-refractivity contribution in [2.24, 2.45) is 5.92 Å². The van der Waals surface area contributed by atoms with Crippen molar-refractivity contribution in [1.82, 2.24) is 10.2 Å². The summed E-state index contributed by atoms with van der Waals surface area (Å²) in [5, 5.41) is 3.47. The van der Waals surface area contributed by atoms with E-state index in [9.17, 15) is 4.79 Å². The highest BCUT2D eigenvalue weighted by atomic mass is 16.5. The van der Waals surface area contributed by atoms with Gasteiger partial charge in [0.1, 0.15) is 6.61 Å². The highest BCUT2D eigenvalue weighted by molar-refractivity contribution is 5.77. The molecule has 1 fully saturated rings. The molecule has 1 rings (SSSR count). The summed E-state index contributed by atoms with van der Waals surface area (Å²) in [7, 11) is 0. The molecular formula is C13H26N2O2. The van der Waals surface area contributed by atoms with E-state index in [2.05, 4.69) is 19.2 Å². The number of hydrogen-bond donors (Lipinski definition) is 1. The maximum Gasteiger partial charge on any atom is 0.248 e. The van der Waals surface area contributed by atoms with E-state index in [-0.39, 0.29) is 18.6 Å². The predicted molar refractivity (Wildman–Crippen MR) is 68.9 cm³/mol. The molecule has 2 unspecified atom stereocenters. The number of carbonyl (C=O) groups excluding carboxylic acids is 1. The Kier molecular flexibility index (Phi) is 5.92. The van der Waals surface area contributed by atoms with Crippen molar-refractivity contribution in [2.75, 3.05) is 26.2 Å². The van der Waals surface area contributed by atoms with Gasteiger partial charge in [0.2, 0.25) is 5.91 Å². The van der Waals surface area contributed by atoms with Gasteiger partial charge in [-0.25, -0.2) is 0 Å². The van der Waals surface area contributed by atoms with Crippen molar-refractivity contribution >= 4 is 5.91 Å². The third-order valence-corrected chi connectivity index (χ3v) is 3.26. The maximum atomic E-state index is 11.9. The van der Waals surface area contributed by atoms with Gasteiger partial charge in [-0.15, -0.1) is 0 Å². The van der Waals surface area contributed by atoms with Gasteiger partial charge in [-0.05, 0) is 32.7 Å². The van der Waals surface area contributed by atoms with Crippen LogP contribution in [0.2, 0.25) is 0 Å². The Morgan fingerprint density at radius 1 is 1.53 bits per heavy atom. The van der Waals surface area contributed by atoms with Gasteiger partial charge in [-0.3, -0.25) is 4.79 Å². The fourth-order valence-electron chi connectivity index (χ4n) is 2.27. The Bertz CT molecular complexity index is 244. The first kappa shape index (κ1) is 14.5. The van der Waals surface area contributed by atoms with Crippen molar-refractivity contribution in [3.63, 3.8) is 0 Å². The number of carbonyl (C=O) groups is 1. The number of rotatable bonds is 5. The standard InChI is InChI=1S/C13H26N2O2/c1-5-14-12-6-7-15(8-11(12)4)13(16)9-17-10(2)3/h10-12,14H,5-9H2,1-4H3. The van der Waals surface area contributed by atoms with Crippen LogP contribution in [-0.4, -0.2) is 49.2 Å². The maximum absolute atomic E-state index is 11.9. The topological polar surface area (TPSA) is 41.6 Å². The number of piperidine rings is 1. The molecule has 1 amide bonds. The molecule has 0 saturated carbocycles. The molecule has 4 nitrogen and oxygen atoms in total. The molecule has 0 spiro atoms. The Balaban J connectivity index is 2.35. The smallest absolute Gasteiger partial charge is 0.248 e. The van der Waals surface area contributed by atoms with E-state index in [0.29, 0.717) is 12.0 Å². The van der Waals surface area contributed by atoms with Gasteiger partial charge in [0, 0.05) is 19.1 Å². The third-order valence-electron chi connectivity index (χ3n) is 3.26. The molecule has 1 aliphatic rings. The Morgan fingerprint density at radius 3 is 2.76 bits per heavy atom. The van der Waals surface area contributed by atoms with Gasteiger partial charge in [-0.1, -0.05) is 13.8 Å². The highest BCUT2D eigenvalue weighted by Crippen LogP contribution is 2.16. The average Bonchev–Trinajstić information content (AvgIpc) is 2.28. The van der Waals surface area contributed by atoms with Crippen LogP contribution < -0.4 is 5.32 Å². The molecule has 0 aromatic heterocycles.